The molecule has 0 spiro atoms. The summed E-state index contributed by atoms with van der Waals surface area (Å²) in [6, 6.07) is 1.54. The highest BCUT2D eigenvalue weighted by Crippen LogP contribution is 2.30. The number of hydrogen-bond acceptors (Lipinski definition) is 6. The number of alkyl halides is 2. The van der Waals surface area contributed by atoms with Crippen molar-refractivity contribution in [1.82, 2.24) is 4.98 Å². The van der Waals surface area contributed by atoms with Crippen molar-refractivity contribution < 1.29 is 22.1 Å². The van der Waals surface area contributed by atoms with E-state index in [9.17, 15) is 27.3 Å². The van der Waals surface area contributed by atoms with Crippen molar-refractivity contribution >= 4 is 25.6 Å². The second-order valence-corrected chi connectivity index (χ2v) is 5.39. The number of halogens is 3. The van der Waals surface area contributed by atoms with Gasteiger partial charge in [0.25, 0.3) is 9.05 Å². The van der Waals surface area contributed by atoms with Crippen LogP contribution in [0.25, 0.3) is 0 Å². The predicted molar refractivity (Wildman–Crippen MR) is 53.6 cm³/mol. The third-order valence-electron chi connectivity index (χ3n) is 1.75. The zero-order valence-corrected chi connectivity index (χ0v) is 9.74. The second-order valence-electron chi connectivity index (χ2n) is 2.85. The first-order valence-electron chi connectivity index (χ1n) is 4.00. The fourth-order valence-electron chi connectivity index (χ4n) is 1.07. The maximum absolute atomic E-state index is 12.4. The molecular formula is C7H2ClF2N3O4S. The van der Waals surface area contributed by atoms with Crippen LogP contribution in [0.3, 0.4) is 0 Å². The van der Waals surface area contributed by atoms with E-state index in [1.807, 2.05) is 0 Å². The van der Waals surface area contributed by atoms with E-state index in [0.717, 1.165) is 0 Å². The zero-order valence-electron chi connectivity index (χ0n) is 8.17. The summed E-state index contributed by atoms with van der Waals surface area (Å²) in [5.41, 5.74) is -2.14. The van der Waals surface area contributed by atoms with Crippen LogP contribution in [0.2, 0.25) is 0 Å². The summed E-state index contributed by atoms with van der Waals surface area (Å²) < 4.78 is 47.0. The summed E-state index contributed by atoms with van der Waals surface area (Å²) in [5.74, 6) is -1.28. The molecule has 0 saturated carbocycles. The molecule has 1 rings (SSSR count). The van der Waals surface area contributed by atoms with Crippen molar-refractivity contribution in [3.8, 4) is 6.07 Å². The largest absolute Gasteiger partial charge is 0.383 e. The molecule has 0 fully saturated rings. The van der Waals surface area contributed by atoms with E-state index in [1.54, 1.807) is 0 Å². The lowest BCUT2D eigenvalue weighted by Crippen LogP contribution is -2.06. The Labute approximate surface area is 103 Å². The van der Waals surface area contributed by atoms with E-state index in [1.165, 1.54) is 6.07 Å². The first kappa shape index (κ1) is 14.2. The normalized spacial score (nSPS) is 11.3. The van der Waals surface area contributed by atoms with E-state index < -0.39 is 42.4 Å². The van der Waals surface area contributed by atoms with Gasteiger partial charge in [0.15, 0.2) is 5.56 Å². The molecule has 1 aromatic heterocycles. The standard InChI is InChI=1S/C7H2ClF2N3O4S/c8-18(16,17)5-1-4(6(9)10)12-7(13(14)15)3(5)2-11/h1,6H. The van der Waals surface area contributed by atoms with Gasteiger partial charge in [-0.25, -0.2) is 17.2 Å². The molecular weight excluding hydrogens is 296 g/mol. The molecule has 0 amide bonds. The molecule has 0 atom stereocenters. The van der Waals surface area contributed by atoms with Gasteiger partial charge in [0.2, 0.25) is 5.69 Å². The van der Waals surface area contributed by atoms with Gasteiger partial charge in [-0.15, -0.1) is 0 Å². The number of nitro groups is 1. The van der Waals surface area contributed by atoms with Crippen LogP contribution in [0.4, 0.5) is 14.6 Å². The van der Waals surface area contributed by atoms with E-state index in [2.05, 4.69) is 4.98 Å². The SMILES string of the molecule is N#Cc1c(S(=O)(=O)Cl)cc(C(F)F)nc1[N+](=O)[O-]. The van der Waals surface area contributed by atoms with E-state index in [4.69, 9.17) is 15.9 Å². The van der Waals surface area contributed by atoms with Crippen molar-refractivity contribution in [3.63, 3.8) is 0 Å². The topological polar surface area (TPSA) is 114 Å². The molecule has 96 valence electrons. The molecule has 0 saturated heterocycles. The molecule has 0 aliphatic heterocycles. The van der Waals surface area contributed by atoms with Crippen LogP contribution in [0.5, 0.6) is 0 Å². The predicted octanol–water partition coefficient (Wildman–Crippen LogP) is 1.73. The van der Waals surface area contributed by atoms with Crippen LogP contribution in [-0.2, 0) is 9.05 Å². The monoisotopic (exact) mass is 297 g/mol. The van der Waals surface area contributed by atoms with Gasteiger partial charge in [-0.05, 0) is 9.91 Å². The Kier molecular flexibility index (Phi) is 3.78. The fourth-order valence-corrected chi connectivity index (χ4v) is 2.08. The Hall–Kier alpha value is -1.86. The quantitative estimate of drug-likeness (QED) is 0.477. The average molecular weight is 298 g/mol. The molecule has 0 aliphatic rings. The summed E-state index contributed by atoms with van der Waals surface area (Å²) in [5, 5.41) is 19.2. The van der Waals surface area contributed by atoms with Gasteiger partial charge in [-0.3, -0.25) is 0 Å². The summed E-state index contributed by atoms with van der Waals surface area (Å²) >= 11 is 0. The van der Waals surface area contributed by atoms with Gasteiger partial charge in [0, 0.05) is 16.7 Å². The molecule has 7 nitrogen and oxygen atoms in total. The van der Waals surface area contributed by atoms with Crippen LogP contribution < -0.4 is 0 Å². The van der Waals surface area contributed by atoms with Crippen LogP contribution in [0, 0.1) is 21.4 Å². The minimum absolute atomic E-state index is 0.332. The highest BCUT2D eigenvalue weighted by Gasteiger charge is 2.31. The van der Waals surface area contributed by atoms with Crippen LogP contribution in [0.15, 0.2) is 11.0 Å². The van der Waals surface area contributed by atoms with Gasteiger partial charge in [0.1, 0.15) is 11.0 Å². The Balaban J connectivity index is 3.80. The lowest BCUT2D eigenvalue weighted by Gasteiger charge is -2.02. The number of nitriles is 1. The number of aromatic nitrogens is 1. The van der Waals surface area contributed by atoms with Gasteiger partial charge >= 0.3 is 12.2 Å². The van der Waals surface area contributed by atoms with E-state index in [-0.39, 0.29) is 0 Å². The first-order valence-corrected chi connectivity index (χ1v) is 6.31. The zero-order chi connectivity index (χ0) is 14.1. The molecule has 18 heavy (non-hydrogen) atoms. The van der Waals surface area contributed by atoms with Crippen LogP contribution >= 0.6 is 10.7 Å². The minimum atomic E-state index is -4.59. The number of hydrogen-bond donors (Lipinski definition) is 0. The summed E-state index contributed by atoms with van der Waals surface area (Å²) in [6.45, 7) is 0. The Bertz CT molecular complexity index is 655. The average Bonchev–Trinajstić information content (AvgIpc) is 2.25. The maximum Gasteiger partial charge on any atom is 0.383 e. The highest BCUT2D eigenvalue weighted by atomic mass is 35.7. The van der Waals surface area contributed by atoms with Gasteiger partial charge in [0.05, 0.1) is 0 Å². The van der Waals surface area contributed by atoms with Crippen molar-refractivity contribution in [2.75, 3.05) is 0 Å². The summed E-state index contributed by atoms with van der Waals surface area (Å²) in [4.78, 5) is 11.2. The number of nitrogens with zero attached hydrogens (tertiary/aromatic N) is 3. The molecule has 0 aromatic carbocycles. The van der Waals surface area contributed by atoms with Crippen LogP contribution in [0.1, 0.15) is 17.7 Å². The fraction of sp³-hybridized carbons (Fsp3) is 0.143. The molecule has 0 N–H and O–H groups in total. The van der Waals surface area contributed by atoms with Crippen molar-refractivity contribution in [2.45, 2.75) is 11.3 Å². The van der Waals surface area contributed by atoms with E-state index >= 15 is 0 Å². The van der Waals surface area contributed by atoms with E-state index in [0.29, 0.717) is 6.07 Å². The lowest BCUT2D eigenvalue weighted by atomic mass is 10.2. The molecule has 0 radical (unpaired) electrons. The van der Waals surface area contributed by atoms with Crippen LogP contribution in [-0.4, -0.2) is 18.3 Å². The molecule has 0 unspecified atom stereocenters. The third kappa shape index (κ3) is 2.69. The van der Waals surface area contributed by atoms with Crippen molar-refractivity contribution in [2.24, 2.45) is 0 Å². The highest BCUT2D eigenvalue weighted by molar-refractivity contribution is 8.13. The number of pyridine rings is 1. The lowest BCUT2D eigenvalue weighted by molar-refractivity contribution is -0.390. The summed E-state index contributed by atoms with van der Waals surface area (Å²) in [6.07, 6.45) is -3.24. The van der Waals surface area contributed by atoms with Gasteiger partial charge in [-0.2, -0.15) is 5.26 Å². The van der Waals surface area contributed by atoms with Crippen molar-refractivity contribution in [1.29, 1.82) is 5.26 Å². The third-order valence-corrected chi connectivity index (χ3v) is 3.10. The van der Waals surface area contributed by atoms with Gasteiger partial charge in [-0.1, -0.05) is 0 Å². The van der Waals surface area contributed by atoms with Gasteiger partial charge < -0.3 is 10.1 Å². The second kappa shape index (κ2) is 4.79. The Morgan fingerprint density at radius 2 is 2.11 bits per heavy atom. The van der Waals surface area contributed by atoms with Crippen molar-refractivity contribution in [3.05, 3.63) is 27.4 Å². The molecule has 0 bridgehead atoms. The number of rotatable bonds is 3. The maximum atomic E-state index is 12.4. The summed E-state index contributed by atoms with van der Waals surface area (Å²) in [7, 11) is 0.336. The Morgan fingerprint density at radius 1 is 1.56 bits per heavy atom. The first-order chi connectivity index (χ1) is 8.18. The molecule has 1 heterocycles. The molecule has 11 heteroatoms. The Morgan fingerprint density at radius 3 is 2.44 bits per heavy atom. The smallest absolute Gasteiger partial charge is 0.358 e. The molecule has 1 aromatic rings. The molecule has 0 aliphatic carbocycles. The minimum Gasteiger partial charge on any atom is -0.358 e.